The molecule has 0 bridgehead atoms. The minimum absolute atomic E-state index is 0.00595. The first-order valence-corrected chi connectivity index (χ1v) is 7.92. The SMILES string of the molecule is COc1ccc(CC(=O)Nc2ccc3c(c2)N(C)CCC3)cc1. The van der Waals surface area contributed by atoms with E-state index in [1.807, 2.05) is 30.3 Å². The summed E-state index contributed by atoms with van der Waals surface area (Å²) in [6, 6.07) is 13.8. The average molecular weight is 310 g/mol. The van der Waals surface area contributed by atoms with Crippen LogP contribution in [0.5, 0.6) is 5.75 Å². The molecular weight excluding hydrogens is 288 g/mol. The summed E-state index contributed by atoms with van der Waals surface area (Å²) in [5, 5.41) is 2.99. The molecule has 23 heavy (non-hydrogen) atoms. The number of nitrogens with one attached hydrogen (secondary N) is 1. The van der Waals surface area contributed by atoms with Gasteiger partial charge in [-0.15, -0.1) is 0 Å². The number of carbonyl (C=O) groups excluding carboxylic acids is 1. The van der Waals surface area contributed by atoms with Crippen molar-refractivity contribution in [1.82, 2.24) is 0 Å². The molecule has 0 aromatic heterocycles. The van der Waals surface area contributed by atoms with Crippen LogP contribution < -0.4 is 15.0 Å². The number of anilines is 2. The number of benzene rings is 2. The van der Waals surface area contributed by atoms with Crippen LogP contribution in [-0.2, 0) is 17.6 Å². The summed E-state index contributed by atoms with van der Waals surface area (Å²) in [5.74, 6) is 0.792. The highest BCUT2D eigenvalue weighted by Crippen LogP contribution is 2.29. The fourth-order valence-corrected chi connectivity index (χ4v) is 2.97. The lowest BCUT2D eigenvalue weighted by Gasteiger charge is -2.28. The Bertz CT molecular complexity index is 695. The van der Waals surface area contributed by atoms with Crippen LogP contribution in [0.25, 0.3) is 0 Å². The van der Waals surface area contributed by atoms with Crippen molar-refractivity contribution in [1.29, 1.82) is 0 Å². The van der Waals surface area contributed by atoms with E-state index in [1.165, 1.54) is 17.7 Å². The van der Waals surface area contributed by atoms with Crippen LogP contribution >= 0.6 is 0 Å². The van der Waals surface area contributed by atoms with Gasteiger partial charge < -0.3 is 15.0 Å². The van der Waals surface area contributed by atoms with Gasteiger partial charge in [0.25, 0.3) is 0 Å². The number of hydrogen-bond donors (Lipinski definition) is 1. The van der Waals surface area contributed by atoms with Crippen molar-refractivity contribution >= 4 is 17.3 Å². The highest BCUT2D eigenvalue weighted by Gasteiger charge is 2.14. The van der Waals surface area contributed by atoms with Gasteiger partial charge in [0.2, 0.25) is 5.91 Å². The number of fused-ring (bicyclic) bond motifs is 1. The smallest absolute Gasteiger partial charge is 0.228 e. The first-order valence-electron chi connectivity index (χ1n) is 7.92. The van der Waals surface area contributed by atoms with E-state index in [0.29, 0.717) is 6.42 Å². The summed E-state index contributed by atoms with van der Waals surface area (Å²) >= 11 is 0. The predicted octanol–water partition coefficient (Wildman–Crippen LogP) is 3.26. The molecule has 2 aromatic carbocycles. The Labute approximate surface area is 137 Å². The number of methoxy groups -OCH3 is 1. The molecule has 0 atom stereocenters. The van der Waals surface area contributed by atoms with Gasteiger partial charge in [0.15, 0.2) is 0 Å². The summed E-state index contributed by atoms with van der Waals surface area (Å²) in [6.07, 6.45) is 2.66. The van der Waals surface area contributed by atoms with E-state index in [-0.39, 0.29) is 5.91 Å². The van der Waals surface area contributed by atoms with Crippen LogP contribution in [0.3, 0.4) is 0 Å². The van der Waals surface area contributed by atoms with Crippen molar-refractivity contribution in [2.75, 3.05) is 30.9 Å². The molecule has 1 amide bonds. The van der Waals surface area contributed by atoms with E-state index < -0.39 is 0 Å². The van der Waals surface area contributed by atoms with E-state index in [1.54, 1.807) is 7.11 Å². The molecule has 0 spiro atoms. The number of aryl methyl sites for hydroxylation is 1. The van der Waals surface area contributed by atoms with Crippen LogP contribution in [0.2, 0.25) is 0 Å². The summed E-state index contributed by atoms with van der Waals surface area (Å²) < 4.78 is 5.13. The zero-order chi connectivity index (χ0) is 16.2. The van der Waals surface area contributed by atoms with Crippen molar-refractivity contribution in [2.45, 2.75) is 19.3 Å². The maximum atomic E-state index is 12.2. The van der Waals surface area contributed by atoms with Crippen LogP contribution in [0.4, 0.5) is 11.4 Å². The highest BCUT2D eigenvalue weighted by atomic mass is 16.5. The molecule has 1 N–H and O–H groups in total. The van der Waals surface area contributed by atoms with Crippen molar-refractivity contribution < 1.29 is 9.53 Å². The molecule has 1 heterocycles. The summed E-state index contributed by atoms with van der Waals surface area (Å²) in [5.41, 5.74) is 4.40. The number of hydrogen-bond acceptors (Lipinski definition) is 3. The standard InChI is InChI=1S/C19H22N2O2/c1-21-11-3-4-15-7-8-16(13-18(15)21)20-19(22)12-14-5-9-17(23-2)10-6-14/h5-10,13H,3-4,11-12H2,1-2H3,(H,20,22). The second-order valence-corrected chi connectivity index (χ2v) is 5.94. The quantitative estimate of drug-likeness (QED) is 0.942. The fourth-order valence-electron chi connectivity index (χ4n) is 2.97. The molecule has 0 radical (unpaired) electrons. The molecule has 0 saturated carbocycles. The van der Waals surface area contributed by atoms with Crippen molar-refractivity contribution in [3.8, 4) is 5.75 Å². The monoisotopic (exact) mass is 310 g/mol. The lowest BCUT2D eigenvalue weighted by Crippen LogP contribution is -2.25. The highest BCUT2D eigenvalue weighted by molar-refractivity contribution is 5.93. The van der Waals surface area contributed by atoms with Gasteiger partial charge in [-0.25, -0.2) is 0 Å². The Balaban J connectivity index is 1.66. The Kier molecular flexibility index (Phi) is 4.51. The van der Waals surface area contributed by atoms with Gasteiger partial charge in [0.1, 0.15) is 5.75 Å². The third kappa shape index (κ3) is 3.65. The molecule has 1 aliphatic heterocycles. The van der Waals surface area contributed by atoms with Gasteiger partial charge in [-0.3, -0.25) is 4.79 Å². The zero-order valence-electron chi connectivity index (χ0n) is 13.6. The topological polar surface area (TPSA) is 41.6 Å². The van der Waals surface area contributed by atoms with Crippen LogP contribution in [0.15, 0.2) is 42.5 Å². The molecular formula is C19H22N2O2. The van der Waals surface area contributed by atoms with E-state index in [0.717, 1.165) is 30.0 Å². The van der Waals surface area contributed by atoms with Gasteiger partial charge in [-0.05, 0) is 48.2 Å². The minimum atomic E-state index is -0.00595. The van der Waals surface area contributed by atoms with Gasteiger partial charge in [-0.1, -0.05) is 18.2 Å². The lowest BCUT2D eigenvalue weighted by atomic mass is 10.0. The Morgan fingerprint density at radius 1 is 1.22 bits per heavy atom. The Morgan fingerprint density at radius 2 is 2.00 bits per heavy atom. The van der Waals surface area contributed by atoms with Crippen LogP contribution in [-0.4, -0.2) is 26.6 Å². The molecule has 1 aliphatic rings. The largest absolute Gasteiger partial charge is 0.497 e. The van der Waals surface area contributed by atoms with Crippen molar-refractivity contribution in [3.63, 3.8) is 0 Å². The van der Waals surface area contributed by atoms with Crippen LogP contribution in [0.1, 0.15) is 17.5 Å². The first kappa shape index (κ1) is 15.4. The van der Waals surface area contributed by atoms with Gasteiger partial charge >= 0.3 is 0 Å². The molecule has 120 valence electrons. The van der Waals surface area contributed by atoms with Crippen molar-refractivity contribution in [2.24, 2.45) is 0 Å². The van der Waals surface area contributed by atoms with Crippen LogP contribution in [0, 0.1) is 0 Å². The average Bonchev–Trinajstić information content (AvgIpc) is 2.56. The summed E-state index contributed by atoms with van der Waals surface area (Å²) in [6.45, 7) is 1.07. The normalized spacial score (nSPS) is 13.4. The third-order valence-electron chi connectivity index (χ3n) is 4.24. The number of carbonyl (C=O) groups is 1. The van der Waals surface area contributed by atoms with Gasteiger partial charge in [0.05, 0.1) is 13.5 Å². The molecule has 4 heteroatoms. The number of amides is 1. The minimum Gasteiger partial charge on any atom is -0.497 e. The molecule has 3 rings (SSSR count). The van der Waals surface area contributed by atoms with Gasteiger partial charge in [0, 0.05) is 25.0 Å². The molecule has 0 saturated heterocycles. The molecule has 0 fully saturated rings. The molecule has 4 nitrogen and oxygen atoms in total. The maximum absolute atomic E-state index is 12.2. The van der Waals surface area contributed by atoms with E-state index in [2.05, 4.69) is 29.4 Å². The number of ether oxygens (including phenoxy) is 1. The first-order chi connectivity index (χ1) is 11.2. The maximum Gasteiger partial charge on any atom is 0.228 e. The summed E-state index contributed by atoms with van der Waals surface area (Å²) in [7, 11) is 3.73. The van der Waals surface area contributed by atoms with Crippen molar-refractivity contribution in [3.05, 3.63) is 53.6 Å². The molecule has 0 unspecified atom stereocenters. The van der Waals surface area contributed by atoms with E-state index in [4.69, 9.17) is 4.74 Å². The van der Waals surface area contributed by atoms with E-state index in [9.17, 15) is 4.79 Å². The zero-order valence-corrected chi connectivity index (χ0v) is 13.6. The molecule has 2 aromatic rings. The second-order valence-electron chi connectivity index (χ2n) is 5.94. The number of nitrogens with zero attached hydrogens (tertiary/aromatic N) is 1. The van der Waals surface area contributed by atoms with E-state index >= 15 is 0 Å². The number of rotatable bonds is 4. The fraction of sp³-hybridized carbons (Fsp3) is 0.316. The molecule has 0 aliphatic carbocycles. The Hall–Kier alpha value is -2.49. The predicted molar refractivity (Wildman–Crippen MR) is 93.4 cm³/mol. The van der Waals surface area contributed by atoms with Gasteiger partial charge in [-0.2, -0.15) is 0 Å². The Morgan fingerprint density at radius 3 is 2.74 bits per heavy atom. The summed E-state index contributed by atoms with van der Waals surface area (Å²) in [4.78, 5) is 14.5. The second kappa shape index (κ2) is 6.73. The third-order valence-corrected chi connectivity index (χ3v) is 4.24. The lowest BCUT2D eigenvalue weighted by molar-refractivity contribution is -0.115.